The first-order chi connectivity index (χ1) is 7.97. The van der Waals surface area contributed by atoms with E-state index in [2.05, 4.69) is 0 Å². The van der Waals surface area contributed by atoms with E-state index >= 15 is 0 Å². The van der Waals surface area contributed by atoms with Gasteiger partial charge in [0.25, 0.3) is 0 Å². The molecule has 0 aliphatic carbocycles. The van der Waals surface area contributed by atoms with Gasteiger partial charge < -0.3 is 0 Å². The Hall–Kier alpha value is -0.840. The molecule has 0 aliphatic heterocycles. The number of allylic oxidation sites excluding steroid dienone is 2. The van der Waals surface area contributed by atoms with Crippen LogP contribution in [0.2, 0.25) is 0 Å². The smallest absolute Gasteiger partial charge is 0.197 e. The molecule has 0 bridgehead atoms. The molecule has 0 aromatic heterocycles. The molecule has 0 aromatic rings. The minimum absolute atomic E-state index is 0.0209. The van der Waals surface area contributed by atoms with Gasteiger partial charge in [-0.1, -0.05) is 6.08 Å². The molecule has 0 saturated carbocycles. The maximum Gasteiger partial charge on any atom is 0.409 e. The van der Waals surface area contributed by atoms with Crippen LogP contribution >= 0.6 is 11.8 Å². The summed E-state index contributed by atoms with van der Waals surface area (Å²) in [6.07, 6.45) is -9.40. The first-order valence-corrected chi connectivity index (χ1v) is 5.82. The van der Waals surface area contributed by atoms with Crippen LogP contribution in [0.25, 0.3) is 0 Å². The second-order valence-corrected chi connectivity index (χ2v) is 5.30. The van der Waals surface area contributed by atoms with Gasteiger partial charge in [0.05, 0.1) is 12.5 Å². The monoisotopic (exact) mass is 291 g/mol. The van der Waals surface area contributed by atoms with Crippen LogP contribution in [0.5, 0.6) is 0 Å². The summed E-state index contributed by atoms with van der Waals surface area (Å²) in [5.41, 5.74) is 0. The van der Waals surface area contributed by atoms with Gasteiger partial charge in [-0.05, 0) is 13.3 Å². The molecule has 8 heteroatoms. The fourth-order valence-corrected chi connectivity index (χ4v) is 2.01. The molecular formula is C10H11F6NS. The van der Waals surface area contributed by atoms with Crippen LogP contribution in [0.4, 0.5) is 26.3 Å². The minimum Gasteiger partial charge on any atom is -0.197 e. The van der Waals surface area contributed by atoms with Crippen molar-refractivity contribution >= 4 is 11.8 Å². The van der Waals surface area contributed by atoms with E-state index in [4.69, 9.17) is 5.26 Å². The Morgan fingerprint density at radius 1 is 1.17 bits per heavy atom. The number of nitriles is 1. The van der Waals surface area contributed by atoms with E-state index in [0.29, 0.717) is 11.8 Å². The van der Waals surface area contributed by atoms with Gasteiger partial charge in [-0.2, -0.15) is 31.6 Å². The first kappa shape index (κ1) is 17.2. The third kappa shape index (κ3) is 9.22. The van der Waals surface area contributed by atoms with Gasteiger partial charge in [0.15, 0.2) is 0 Å². The van der Waals surface area contributed by atoms with Gasteiger partial charge >= 0.3 is 12.4 Å². The normalized spacial score (nSPS) is 16.6. The van der Waals surface area contributed by atoms with E-state index in [1.165, 1.54) is 6.92 Å². The number of thioether (sulfide) groups is 1. The van der Waals surface area contributed by atoms with E-state index in [1.54, 1.807) is 6.07 Å². The van der Waals surface area contributed by atoms with Crippen LogP contribution in [0, 0.1) is 11.3 Å². The molecule has 0 N–H and O–H groups in total. The van der Waals surface area contributed by atoms with E-state index in [1.807, 2.05) is 0 Å². The molecule has 104 valence electrons. The lowest BCUT2D eigenvalue weighted by atomic mass is 10.1. The predicted octanol–water partition coefficient (Wildman–Crippen LogP) is 4.46. The molecule has 1 atom stereocenters. The first-order valence-electron chi connectivity index (χ1n) is 4.84. The van der Waals surface area contributed by atoms with Crippen LogP contribution in [0.3, 0.4) is 0 Å². The highest BCUT2D eigenvalue weighted by atomic mass is 32.2. The van der Waals surface area contributed by atoms with Crippen molar-refractivity contribution in [2.24, 2.45) is 0 Å². The van der Waals surface area contributed by atoms with E-state index in [9.17, 15) is 26.3 Å². The fourth-order valence-electron chi connectivity index (χ4n) is 0.946. The Bertz CT molecular complexity index is 327. The van der Waals surface area contributed by atoms with Crippen molar-refractivity contribution in [1.29, 1.82) is 5.26 Å². The van der Waals surface area contributed by atoms with Gasteiger partial charge in [0, 0.05) is 11.8 Å². The predicted molar refractivity (Wildman–Crippen MR) is 57.0 cm³/mol. The number of rotatable bonds is 5. The summed E-state index contributed by atoms with van der Waals surface area (Å²) in [6, 6.07) is 1.73. The summed E-state index contributed by atoms with van der Waals surface area (Å²) in [7, 11) is 0. The molecule has 0 radical (unpaired) electrons. The Morgan fingerprint density at radius 3 is 2.11 bits per heavy atom. The van der Waals surface area contributed by atoms with Crippen molar-refractivity contribution in [1.82, 2.24) is 0 Å². The maximum absolute atomic E-state index is 11.9. The van der Waals surface area contributed by atoms with Gasteiger partial charge in [-0.3, -0.25) is 0 Å². The Kier molecular flexibility index (Phi) is 6.07. The summed E-state index contributed by atoms with van der Waals surface area (Å²) < 4.78 is 69.8. The average molecular weight is 291 g/mol. The summed E-state index contributed by atoms with van der Waals surface area (Å²) in [4.78, 5) is 0. The van der Waals surface area contributed by atoms with Crippen LogP contribution < -0.4 is 0 Å². The molecule has 0 heterocycles. The lowest BCUT2D eigenvalue weighted by molar-refractivity contribution is -0.129. The molecule has 0 aromatic carbocycles. The Morgan fingerprint density at radius 2 is 1.72 bits per heavy atom. The fraction of sp³-hybridized carbons (Fsp3) is 0.700. The number of nitrogens with zero attached hydrogens (tertiary/aromatic N) is 1. The quantitative estimate of drug-likeness (QED) is 0.551. The largest absolute Gasteiger partial charge is 0.409 e. The molecule has 1 nitrogen and oxygen atoms in total. The Labute approximate surface area is 105 Å². The third-order valence-corrected chi connectivity index (χ3v) is 3.16. The van der Waals surface area contributed by atoms with Gasteiger partial charge in [-0.25, -0.2) is 0 Å². The highest BCUT2D eigenvalue weighted by molar-refractivity contribution is 8.00. The molecule has 0 aliphatic rings. The lowest BCUT2D eigenvalue weighted by Crippen LogP contribution is -2.19. The standard InChI is InChI=1S/C10H11F6NS/c1-8(7-17,3-2-4-9(11,12)13)18-6-5-10(14,15)16/h2,4H,3,5-6H2,1H3/b4-2+. The molecule has 18 heavy (non-hydrogen) atoms. The summed E-state index contributed by atoms with van der Waals surface area (Å²) in [5.74, 6) is -0.354. The van der Waals surface area contributed by atoms with E-state index in [0.717, 1.165) is 6.08 Å². The highest BCUT2D eigenvalue weighted by Crippen LogP contribution is 2.32. The topological polar surface area (TPSA) is 23.8 Å². The van der Waals surface area contributed by atoms with Crippen molar-refractivity contribution in [3.8, 4) is 6.07 Å². The molecule has 0 spiro atoms. The second kappa shape index (κ2) is 6.36. The zero-order chi connectivity index (χ0) is 14.4. The maximum atomic E-state index is 11.9. The van der Waals surface area contributed by atoms with Crippen LogP contribution in [-0.4, -0.2) is 22.9 Å². The van der Waals surface area contributed by atoms with Crippen molar-refractivity contribution in [3.05, 3.63) is 12.2 Å². The summed E-state index contributed by atoms with van der Waals surface area (Å²) in [5, 5.41) is 8.78. The summed E-state index contributed by atoms with van der Waals surface area (Å²) in [6.45, 7) is 1.31. The zero-order valence-corrected chi connectivity index (χ0v) is 10.2. The van der Waals surface area contributed by atoms with Gasteiger partial charge in [0.1, 0.15) is 4.75 Å². The van der Waals surface area contributed by atoms with Gasteiger partial charge in [-0.15, -0.1) is 11.8 Å². The Balaban J connectivity index is 4.29. The lowest BCUT2D eigenvalue weighted by Gasteiger charge is -2.19. The molecular weight excluding hydrogens is 280 g/mol. The molecule has 0 amide bonds. The van der Waals surface area contributed by atoms with Crippen LogP contribution in [0.1, 0.15) is 19.8 Å². The van der Waals surface area contributed by atoms with Crippen molar-refractivity contribution in [2.45, 2.75) is 36.9 Å². The average Bonchev–Trinajstić information content (AvgIpc) is 2.13. The molecule has 0 rings (SSSR count). The van der Waals surface area contributed by atoms with Crippen LogP contribution in [-0.2, 0) is 0 Å². The molecule has 0 fully saturated rings. The number of halogens is 6. The van der Waals surface area contributed by atoms with Crippen LogP contribution in [0.15, 0.2) is 12.2 Å². The number of hydrogen-bond acceptors (Lipinski definition) is 2. The van der Waals surface area contributed by atoms with E-state index < -0.39 is 23.5 Å². The second-order valence-electron chi connectivity index (χ2n) is 3.70. The van der Waals surface area contributed by atoms with Crippen molar-refractivity contribution in [2.75, 3.05) is 5.75 Å². The third-order valence-electron chi connectivity index (χ3n) is 1.86. The SMILES string of the molecule is CC(C#N)(C/C=C/C(F)(F)F)SCCC(F)(F)F. The van der Waals surface area contributed by atoms with Gasteiger partial charge in [0.2, 0.25) is 0 Å². The van der Waals surface area contributed by atoms with Crippen molar-refractivity contribution < 1.29 is 26.3 Å². The minimum atomic E-state index is -4.48. The zero-order valence-electron chi connectivity index (χ0n) is 9.40. The molecule has 0 saturated heterocycles. The van der Waals surface area contributed by atoms with E-state index in [-0.39, 0.29) is 18.2 Å². The molecule has 1 unspecified atom stereocenters. The van der Waals surface area contributed by atoms with Crippen molar-refractivity contribution in [3.63, 3.8) is 0 Å². The number of alkyl halides is 6. The highest BCUT2D eigenvalue weighted by Gasteiger charge is 2.30. The summed E-state index contributed by atoms with van der Waals surface area (Å²) >= 11 is 0.702. The number of hydrogen-bond donors (Lipinski definition) is 0.